The van der Waals surface area contributed by atoms with Gasteiger partial charge in [0.1, 0.15) is 0 Å². The Labute approximate surface area is 61.2 Å². The molecule has 0 fully saturated rings. The average molecular weight is 168 g/mol. The van der Waals surface area contributed by atoms with Gasteiger partial charge in [0.05, 0.1) is 11.9 Å². The highest BCUT2D eigenvalue weighted by molar-refractivity contribution is 7.86. The van der Waals surface area contributed by atoms with E-state index in [4.69, 9.17) is 0 Å². The third-order valence-electron chi connectivity index (χ3n) is 0.689. The summed E-state index contributed by atoms with van der Waals surface area (Å²) >= 11 is 0. The molecule has 0 rings (SSSR count). The van der Waals surface area contributed by atoms with E-state index in [2.05, 4.69) is 9.22 Å². The van der Waals surface area contributed by atoms with Crippen molar-refractivity contribution >= 4 is 10.1 Å². The molecule has 62 valence electrons. The molecule has 0 aromatic rings. The molecular formula is C5H12O4S. The van der Waals surface area contributed by atoms with E-state index >= 15 is 0 Å². The predicted octanol–water partition coefficient (Wildman–Crippen LogP) is 0.693. The van der Waals surface area contributed by atoms with E-state index in [1.54, 1.807) is 13.8 Å². The highest BCUT2D eigenvalue weighted by atomic mass is 32.2. The summed E-state index contributed by atoms with van der Waals surface area (Å²) in [6, 6.07) is 0. The first-order valence-corrected chi connectivity index (χ1v) is 4.63. The second-order valence-corrected chi connectivity index (χ2v) is 3.89. The molecule has 0 unspecified atom stereocenters. The smallest absolute Gasteiger partial charge is 0.217 e. The third kappa shape index (κ3) is 4.72. The third-order valence-corrected chi connectivity index (χ3v) is 1.68. The van der Waals surface area contributed by atoms with E-state index in [0.29, 0.717) is 0 Å². The minimum absolute atomic E-state index is 0.0697. The first-order chi connectivity index (χ1) is 4.48. The van der Waals surface area contributed by atoms with E-state index < -0.39 is 10.1 Å². The SMILES string of the molecule is CCS(=O)(=O)OOC(C)C. The second-order valence-electron chi connectivity index (χ2n) is 2.06. The van der Waals surface area contributed by atoms with Crippen molar-refractivity contribution in [1.29, 1.82) is 0 Å². The fourth-order valence-electron chi connectivity index (χ4n) is 0.187. The van der Waals surface area contributed by atoms with Gasteiger partial charge in [-0.25, -0.2) is 4.89 Å². The second kappa shape index (κ2) is 3.90. The molecule has 0 aromatic heterocycles. The summed E-state index contributed by atoms with van der Waals surface area (Å²) < 4.78 is 25.2. The van der Waals surface area contributed by atoms with Crippen molar-refractivity contribution in [2.75, 3.05) is 5.75 Å². The molecule has 4 nitrogen and oxygen atoms in total. The number of rotatable bonds is 4. The summed E-state index contributed by atoms with van der Waals surface area (Å²) in [7, 11) is -3.44. The van der Waals surface area contributed by atoms with Gasteiger partial charge < -0.3 is 0 Å². The molecule has 0 heterocycles. The minimum Gasteiger partial charge on any atom is -0.217 e. The largest absolute Gasteiger partial charge is 0.293 e. The summed E-state index contributed by atoms with van der Waals surface area (Å²) in [6.45, 7) is 4.86. The lowest BCUT2D eigenvalue weighted by Gasteiger charge is -2.04. The molecule has 0 radical (unpaired) electrons. The number of hydrogen-bond donors (Lipinski definition) is 0. The van der Waals surface area contributed by atoms with Gasteiger partial charge in [-0.1, -0.05) is 0 Å². The van der Waals surface area contributed by atoms with E-state index in [1.165, 1.54) is 6.92 Å². The fraction of sp³-hybridized carbons (Fsp3) is 1.00. The molecule has 0 N–H and O–H groups in total. The molecule has 0 aromatic carbocycles. The summed E-state index contributed by atoms with van der Waals surface area (Å²) in [4.78, 5) is 4.41. The maximum absolute atomic E-state index is 10.6. The van der Waals surface area contributed by atoms with Crippen LogP contribution in [0.3, 0.4) is 0 Å². The topological polar surface area (TPSA) is 52.6 Å². The molecule has 0 saturated carbocycles. The summed E-state index contributed by atoms with van der Waals surface area (Å²) in [5, 5.41) is 0. The summed E-state index contributed by atoms with van der Waals surface area (Å²) in [5.74, 6) is -0.0697. The van der Waals surface area contributed by atoms with Gasteiger partial charge in [-0.2, -0.15) is 8.42 Å². The van der Waals surface area contributed by atoms with Crippen LogP contribution in [-0.2, 0) is 19.3 Å². The van der Waals surface area contributed by atoms with Crippen molar-refractivity contribution in [2.24, 2.45) is 0 Å². The monoisotopic (exact) mass is 168 g/mol. The van der Waals surface area contributed by atoms with Crippen LogP contribution >= 0.6 is 0 Å². The molecule has 0 amide bonds. The standard InChI is InChI=1S/C5H12O4S/c1-4-10(6,7)9-8-5(2)3/h5H,4H2,1-3H3. The molecular weight excluding hydrogens is 156 g/mol. The van der Waals surface area contributed by atoms with Gasteiger partial charge in [0.25, 0.3) is 10.1 Å². The van der Waals surface area contributed by atoms with Crippen LogP contribution in [0.4, 0.5) is 0 Å². The zero-order valence-electron chi connectivity index (χ0n) is 6.33. The summed E-state index contributed by atoms with van der Waals surface area (Å²) in [6.07, 6.45) is -0.235. The lowest BCUT2D eigenvalue weighted by molar-refractivity contribution is -0.229. The van der Waals surface area contributed by atoms with Crippen molar-refractivity contribution in [3.63, 3.8) is 0 Å². The molecule has 0 saturated heterocycles. The molecule has 0 aliphatic heterocycles. The summed E-state index contributed by atoms with van der Waals surface area (Å²) in [5.41, 5.74) is 0. The van der Waals surface area contributed by atoms with E-state index in [1.807, 2.05) is 0 Å². The van der Waals surface area contributed by atoms with Crippen LogP contribution in [0.2, 0.25) is 0 Å². The maximum Gasteiger partial charge on any atom is 0.293 e. The average Bonchev–Trinajstić information content (AvgIpc) is 1.85. The van der Waals surface area contributed by atoms with Crippen LogP contribution in [0.1, 0.15) is 20.8 Å². The highest BCUT2D eigenvalue weighted by Gasteiger charge is 2.08. The van der Waals surface area contributed by atoms with Crippen LogP contribution in [0, 0.1) is 0 Å². The van der Waals surface area contributed by atoms with Crippen LogP contribution in [0.25, 0.3) is 0 Å². The van der Waals surface area contributed by atoms with Gasteiger partial charge in [0.2, 0.25) is 0 Å². The fourth-order valence-corrected chi connectivity index (χ4v) is 0.560. The van der Waals surface area contributed by atoms with Crippen LogP contribution in [0.15, 0.2) is 0 Å². The zero-order valence-corrected chi connectivity index (χ0v) is 7.14. The van der Waals surface area contributed by atoms with Crippen LogP contribution in [-0.4, -0.2) is 20.3 Å². The molecule has 0 spiro atoms. The first-order valence-electron chi connectivity index (χ1n) is 3.05. The molecule has 0 atom stereocenters. The molecule has 0 aliphatic rings. The van der Waals surface area contributed by atoms with Crippen LogP contribution < -0.4 is 0 Å². The Morgan fingerprint density at radius 1 is 1.40 bits per heavy atom. The first kappa shape index (κ1) is 9.87. The van der Waals surface area contributed by atoms with E-state index in [-0.39, 0.29) is 11.9 Å². The zero-order chi connectivity index (χ0) is 8.20. The van der Waals surface area contributed by atoms with Gasteiger partial charge in [-0.3, -0.25) is 0 Å². The van der Waals surface area contributed by atoms with E-state index in [0.717, 1.165) is 0 Å². The Morgan fingerprint density at radius 3 is 2.20 bits per heavy atom. The minimum atomic E-state index is -3.44. The number of hydrogen-bond acceptors (Lipinski definition) is 4. The van der Waals surface area contributed by atoms with Gasteiger partial charge in [0, 0.05) is 0 Å². The Morgan fingerprint density at radius 2 is 1.90 bits per heavy atom. The Hall–Kier alpha value is -0.130. The Balaban J connectivity index is 3.70. The highest BCUT2D eigenvalue weighted by Crippen LogP contribution is 1.96. The van der Waals surface area contributed by atoms with Gasteiger partial charge >= 0.3 is 0 Å². The lowest BCUT2D eigenvalue weighted by atomic mass is 10.5. The molecule has 5 heteroatoms. The van der Waals surface area contributed by atoms with Gasteiger partial charge in [0.15, 0.2) is 0 Å². The Bertz CT molecular complexity index is 170. The van der Waals surface area contributed by atoms with Crippen LogP contribution in [0.5, 0.6) is 0 Å². The molecule has 0 aliphatic carbocycles. The van der Waals surface area contributed by atoms with Crippen molar-refractivity contribution < 1.29 is 17.6 Å². The lowest BCUT2D eigenvalue weighted by Crippen LogP contribution is -2.12. The Kier molecular flexibility index (Phi) is 3.85. The van der Waals surface area contributed by atoms with Crippen molar-refractivity contribution in [3.8, 4) is 0 Å². The quantitative estimate of drug-likeness (QED) is 0.458. The predicted molar refractivity (Wildman–Crippen MR) is 36.8 cm³/mol. The van der Waals surface area contributed by atoms with E-state index in [9.17, 15) is 8.42 Å². The normalized spacial score (nSPS) is 12.4. The van der Waals surface area contributed by atoms with Crippen molar-refractivity contribution in [3.05, 3.63) is 0 Å². The van der Waals surface area contributed by atoms with Crippen molar-refractivity contribution in [2.45, 2.75) is 26.9 Å². The van der Waals surface area contributed by atoms with Gasteiger partial charge in [-0.15, -0.1) is 4.33 Å². The molecule has 0 bridgehead atoms. The maximum atomic E-state index is 10.6. The van der Waals surface area contributed by atoms with Crippen molar-refractivity contribution in [1.82, 2.24) is 0 Å². The molecule has 10 heavy (non-hydrogen) atoms. The van der Waals surface area contributed by atoms with Gasteiger partial charge in [-0.05, 0) is 20.8 Å².